The molecule has 0 bridgehead atoms. The molecule has 0 atom stereocenters. The summed E-state index contributed by atoms with van der Waals surface area (Å²) in [5, 5.41) is 4.08. The topological polar surface area (TPSA) is 34.4 Å². The molecule has 1 heterocycles. The van der Waals surface area contributed by atoms with Gasteiger partial charge in [0, 0.05) is 17.1 Å². The summed E-state index contributed by atoms with van der Waals surface area (Å²) in [4.78, 5) is 0. The van der Waals surface area contributed by atoms with Crippen LogP contribution < -0.4 is 10.1 Å². The highest BCUT2D eigenvalue weighted by Crippen LogP contribution is 2.24. The van der Waals surface area contributed by atoms with Gasteiger partial charge in [-0.15, -0.1) is 0 Å². The van der Waals surface area contributed by atoms with E-state index in [-0.39, 0.29) is 0 Å². The maximum absolute atomic E-state index is 5.99. The Bertz CT molecular complexity index is 578. The van der Waals surface area contributed by atoms with Crippen molar-refractivity contribution in [3.8, 4) is 5.75 Å². The molecule has 4 heteroatoms. The van der Waals surface area contributed by atoms with Gasteiger partial charge in [-0.05, 0) is 43.1 Å². The van der Waals surface area contributed by atoms with Crippen molar-refractivity contribution in [2.24, 2.45) is 5.92 Å². The number of halogens is 1. The molecule has 21 heavy (non-hydrogen) atoms. The Hall–Kier alpha value is -1.45. The molecule has 1 aromatic heterocycles. The molecule has 114 valence electrons. The van der Waals surface area contributed by atoms with Gasteiger partial charge in [0.25, 0.3) is 0 Å². The van der Waals surface area contributed by atoms with E-state index in [1.165, 1.54) is 0 Å². The lowest BCUT2D eigenvalue weighted by molar-refractivity contribution is 0.266. The van der Waals surface area contributed by atoms with Crippen molar-refractivity contribution >= 4 is 11.6 Å². The van der Waals surface area contributed by atoms with Gasteiger partial charge < -0.3 is 14.5 Å². The molecule has 2 rings (SSSR count). The van der Waals surface area contributed by atoms with Crippen molar-refractivity contribution in [2.75, 3.05) is 6.54 Å². The van der Waals surface area contributed by atoms with Crippen molar-refractivity contribution in [3.05, 3.63) is 52.4 Å². The quantitative estimate of drug-likeness (QED) is 0.814. The first-order valence-corrected chi connectivity index (χ1v) is 7.59. The molecule has 1 aromatic carbocycles. The third-order valence-electron chi connectivity index (χ3n) is 3.21. The standard InChI is InChI=1S/C17H22ClNO2/c1-12(2)9-19-10-14-6-7-20-17(14)11-21-16-8-15(18)5-4-13(16)3/h4-8,12,19H,9-11H2,1-3H3. The van der Waals surface area contributed by atoms with Crippen molar-refractivity contribution in [2.45, 2.75) is 33.9 Å². The second-order valence-corrected chi connectivity index (χ2v) is 6.03. The molecule has 3 nitrogen and oxygen atoms in total. The Morgan fingerprint density at radius 2 is 2.10 bits per heavy atom. The van der Waals surface area contributed by atoms with E-state index in [4.69, 9.17) is 20.8 Å². The van der Waals surface area contributed by atoms with Gasteiger partial charge in [0.1, 0.15) is 18.1 Å². The Kier molecular flexibility index (Phi) is 5.71. The van der Waals surface area contributed by atoms with E-state index in [9.17, 15) is 0 Å². The molecule has 0 spiro atoms. The van der Waals surface area contributed by atoms with Crippen LogP contribution >= 0.6 is 11.6 Å². The predicted molar refractivity (Wildman–Crippen MR) is 85.8 cm³/mol. The molecule has 0 saturated carbocycles. The second kappa shape index (κ2) is 7.53. The number of hydrogen-bond acceptors (Lipinski definition) is 3. The fraction of sp³-hybridized carbons (Fsp3) is 0.412. The molecule has 0 unspecified atom stereocenters. The number of aryl methyl sites for hydroxylation is 1. The van der Waals surface area contributed by atoms with E-state index in [1.54, 1.807) is 6.26 Å². The SMILES string of the molecule is Cc1ccc(Cl)cc1OCc1occc1CNCC(C)C. The fourth-order valence-electron chi connectivity index (χ4n) is 2.02. The van der Waals surface area contributed by atoms with Gasteiger partial charge in [-0.25, -0.2) is 0 Å². The predicted octanol–water partition coefficient (Wildman–Crippen LogP) is 4.57. The molecule has 0 fully saturated rings. The van der Waals surface area contributed by atoms with Crippen LogP contribution in [0.1, 0.15) is 30.7 Å². The molecule has 2 aromatic rings. The Morgan fingerprint density at radius 3 is 2.86 bits per heavy atom. The second-order valence-electron chi connectivity index (χ2n) is 5.59. The summed E-state index contributed by atoms with van der Waals surface area (Å²) >= 11 is 5.99. The lowest BCUT2D eigenvalue weighted by Crippen LogP contribution is -2.19. The van der Waals surface area contributed by atoms with E-state index in [1.807, 2.05) is 31.2 Å². The molecule has 0 saturated heterocycles. The van der Waals surface area contributed by atoms with Gasteiger partial charge in [0.2, 0.25) is 0 Å². The summed E-state index contributed by atoms with van der Waals surface area (Å²) < 4.78 is 11.3. The zero-order valence-electron chi connectivity index (χ0n) is 12.8. The molecule has 0 radical (unpaired) electrons. The average molecular weight is 308 g/mol. The van der Waals surface area contributed by atoms with E-state index in [0.717, 1.165) is 35.7 Å². The normalized spacial score (nSPS) is 11.1. The zero-order chi connectivity index (χ0) is 15.2. The number of nitrogens with one attached hydrogen (secondary N) is 1. The Morgan fingerprint density at radius 1 is 1.29 bits per heavy atom. The number of furan rings is 1. The highest BCUT2D eigenvalue weighted by molar-refractivity contribution is 6.30. The van der Waals surface area contributed by atoms with Crippen molar-refractivity contribution < 1.29 is 9.15 Å². The molecule has 0 aliphatic heterocycles. The smallest absolute Gasteiger partial charge is 0.146 e. The molecule has 0 aliphatic rings. The van der Waals surface area contributed by atoms with Crippen LogP contribution in [0.2, 0.25) is 5.02 Å². The maximum Gasteiger partial charge on any atom is 0.146 e. The summed E-state index contributed by atoms with van der Waals surface area (Å²) in [6, 6.07) is 7.62. The van der Waals surface area contributed by atoms with Gasteiger partial charge in [-0.2, -0.15) is 0 Å². The van der Waals surface area contributed by atoms with Crippen molar-refractivity contribution in [1.82, 2.24) is 5.32 Å². The summed E-state index contributed by atoms with van der Waals surface area (Å²) in [5.74, 6) is 2.27. The van der Waals surface area contributed by atoms with Crippen LogP contribution in [0, 0.1) is 12.8 Å². The van der Waals surface area contributed by atoms with Crippen LogP contribution in [0.25, 0.3) is 0 Å². The molecule has 0 amide bonds. The summed E-state index contributed by atoms with van der Waals surface area (Å²) in [7, 11) is 0. The number of ether oxygens (including phenoxy) is 1. The van der Waals surface area contributed by atoms with Gasteiger partial charge in [0.15, 0.2) is 0 Å². The van der Waals surface area contributed by atoms with E-state index in [2.05, 4.69) is 19.2 Å². The molecular formula is C17H22ClNO2. The van der Waals surface area contributed by atoms with Gasteiger partial charge >= 0.3 is 0 Å². The number of benzene rings is 1. The lowest BCUT2D eigenvalue weighted by atomic mass is 10.2. The zero-order valence-corrected chi connectivity index (χ0v) is 13.5. The van der Waals surface area contributed by atoms with Gasteiger partial charge in [-0.3, -0.25) is 0 Å². The van der Waals surface area contributed by atoms with Crippen LogP contribution in [-0.2, 0) is 13.2 Å². The first kappa shape index (κ1) is 15.9. The van der Waals surface area contributed by atoms with E-state index >= 15 is 0 Å². The summed E-state index contributed by atoms with van der Waals surface area (Å²) in [5.41, 5.74) is 2.20. The highest BCUT2D eigenvalue weighted by Gasteiger charge is 2.09. The highest BCUT2D eigenvalue weighted by atomic mass is 35.5. The first-order chi connectivity index (χ1) is 10.1. The molecule has 0 aliphatic carbocycles. The number of hydrogen-bond donors (Lipinski definition) is 1. The van der Waals surface area contributed by atoms with Crippen LogP contribution in [0.5, 0.6) is 5.75 Å². The van der Waals surface area contributed by atoms with Crippen LogP contribution in [0.15, 0.2) is 34.9 Å². The van der Waals surface area contributed by atoms with Crippen LogP contribution in [-0.4, -0.2) is 6.54 Å². The Balaban J connectivity index is 1.94. The molecular weight excluding hydrogens is 286 g/mol. The summed E-state index contributed by atoms with van der Waals surface area (Å²) in [6.45, 7) is 8.56. The largest absolute Gasteiger partial charge is 0.485 e. The van der Waals surface area contributed by atoms with Gasteiger partial charge in [-0.1, -0.05) is 31.5 Å². The van der Waals surface area contributed by atoms with E-state index in [0.29, 0.717) is 17.5 Å². The average Bonchev–Trinajstić information content (AvgIpc) is 2.87. The first-order valence-electron chi connectivity index (χ1n) is 7.21. The number of rotatable bonds is 7. The minimum atomic E-state index is 0.410. The van der Waals surface area contributed by atoms with Crippen LogP contribution in [0.4, 0.5) is 0 Å². The summed E-state index contributed by atoms with van der Waals surface area (Å²) in [6.07, 6.45) is 1.70. The fourth-order valence-corrected chi connectivity index (χ4v) is 2.18. The van der Waals surface area contributed by atoms with Crippen molar-refractivity contribution in [3.63, 3.8) is 0 Å². The van der Waals surface area contributed by atoms with Crippen LogP contribution in [0.3, 0.4) is 0 Å². The third kappa shape index (κ3) is 4.80. The maximum atomic E-state index is 5.99. The van der Waals surface area contributed by atoms with E-state index < -0.39 is 0 Å². The lowest BCUT2D eigenvalue weighted by Gasteiger charge is -2.10. The Labute approximate surface area is 131 Å². The minimum Gasteiger partial charge on any atom is -0.485 e. The monoisotopic (exact) mass is 307 g/mol. The van der Waals surface area contributed by atoms with Gasteiger partial charge in [0.05, 0.1) is 6.26 Å². The minimum absolute atomic E-state index is 0.410. The third-order valence-corrected chi connectivity index (χ3v) is 3.45. The molecule has 1 N–H and O–H groups in total. The van der Waals surface area contributed by atoms with Crippen molar-refractivity contribution in [1.29, 1.82) is 0 Å².